The van der Waals surface area contributed by atoms with Gasteiger partial charge in [0.05, 0.1) is 12.6 Å². The first-order valence-electron chi connectivity index (χ1n) is 8.14. The number of likely N-dealkylation sites (tertiary alicyclic amines) is 1. The molecule has 2 aromatic rings. The zero-order valence-corrected chi connectivity index (χ0v) is 14.3. The Balaban J connectivity index is 1.66. The van der Waals surface area contributed by atoms with Crippen LogP contribution >= 0.6 is 11.3 Å². The van der Waals surface area contributed by atoms with Crippen molar-refractivity contribution in [2.45, 2.75) is 38.4 Å². The second-order valence-corrected chi connectivity index (χ2v) is 7.15. The van der Waals surface area contributed by atoms with Gasteiger partial charge >= 0.3 is 0 Å². The van der Waals surface area contributed by atoms with Crippen LogP contribution < -0.4 is 0 Å². The first-order chi connectivity index (χ1) is 11.2. The van der Waals surface area contributed by atoms with Crippen molar-refractivity contribution in [3.05, 3.63) is 52.5 Å². The minimum Gasteiger partial charge on any atom is -0.339 e. The molecule has 2 aromatic heterocycles. The van der Waals surface area contributed by atoms with E-state index >= 15 is 0 Å². The maximum atomic E-state index is 12.9. The van der Waals surface area contributed by atoms with E-state index in [1.807, 2.05) is 30.3 Å². The van der Waals surface area contributed by atoms with E-state index in [-0.39, 0.29) is 11.9 Å². The molecule has 3 heterocycles. The number of carbonyl (C=O) groups is 1. The van der Waals surface area contributed by atoms with Gasteiger partial charge in [-0.1, -0.05) is 18.6 Å². The molecular weight excluding hydrogens is 306 g/mol. The Labute approximate surface area is 141 Å². The summed E-state index contributed by atoms with van der Waals surface area (Å²) in [4.78, 5) is 22.5. The van der Waals surface area contributed by atoms with Crippen LogP contribution in [0.1, 0.15) is 29.7 Å². The number of hydrogen-bond donors (Lipinski definition) is 0. The van der Waals surface area contributed by atoms with E-state index in [4.69, 9.17) is 0 Å². The summed E-state index contributed by atoms with van der Waals surface area (Å²) in [7, 11) is 1.92. The average Bonchev–Trinajstić information content (AvgIpc) is 3.08. The SMILES string of the molecule is CN(Cc1cccs1)C(=O)C1CCCCN1Cc1cccnc1. The molecule has 5 heteroatoms. The predicted molar refractivity (Wildman–Crippen MR) is 93.1 cm³/mol. The predicted octanol–water partition coefficient (Wildman–Crippen LogP) is 3.16. The summed E-state index contributed by atoms with van der Waals surface area (Å²) in [6, 6.07) is 8.15. The van der Waals surface area contributed by atoms with E-state index in [1.54, 1.807) is 17.5 Å². The molecule has 0 spiro atoms. The Bertz CT molecular complexity index is 614. The number of nitrogens with zero attached hydrogens (tertiary/aromatic N) is 3. The lowest BCUT2D eigenvalue weighted by atomic mass is 10.00. The largest absolute Gasteiger partial charge is 0.339 e. The van der Waals surface area contributed by atoms with Gasteiger partial charge in [0.2, 0.25) is 5.91 Å². The zero-order chi connectivity index (χ0) is 16.1. The van der Waals surface area contributed by atoms with E-state index in [1.165, 1.54) is 16.9 Å². The summed E-state index contributed by atoms with van der Waals surface area (Å²) in [5.41, 5.74) is 1.17. The Morgan fingerprint density at radius 1 is 1.39 bits per heavy atom. The number of hydrogen-bond acceptors (Lipinski definition) is 4. The highest BCUT2D eigenvalue weighted by molar-refractivity contribution is 7.09. The molecule has 0 radical (unpaired) electrons. The monoisotopic (exact) mass is 329 g/mol. The first kappa shape index (κ1) is 16.1. The number of carbonyl (C=O) groups excluding carboxylic acids is 1. The molecular formula is C18H23N3OS. The summed E-state index contributed by atoms with van der Waals surface area (Å²) >= 11 is 1.70. The van der Waals surface area contributed by atoms with E-state index in [9.17, 15) is 4.79 Å². The minimum atomic E-state index is -0.00563. The Kier molecular flexibility index (Phi) is 5.41. The third-order valence-corrected chi connectivity index (χ3v) is 5.22. The fourth-order valence-corrected chi connectivity index (χ4v) is 3.91. The van der Waals surface area contributed by atoms with Crippen LogP contribution in [-0.4, -0.2) is 40.3 Å². The van der Waals surface area contributed by atoms with Crippen LogP contribution in [-0.2, 0) is 17.9 Å². The quantitative estimate of drug-likeness (QED) is 0.845. The maximum absolute atomic E-state index is 12.9. The number of thiophene rings is 1. The van der Waals surface area contributed by atoms with E-state index in [0.29, 0.717) is 6.54 Å². The van der Waals surface area contributed by atoms with Gasteiger partial charge in [-0.15, -0.1) is 11.3 Å². The molecule has 1 fully saturated rings. The standard InChI is InChI=1S/C18H23N3OS/c1-20(14-16-7-5-11-23-16)18(22)17-8-2-3-10-21(17)13-15-6-4-9-19-12-15/h4-7,9,11-12,17H,2-3,8,10,13-14H2,1H3. The van der Waals surface area contributed by atoms with Crippen molar-refractivity contribution < 1.29 is 4.79 Å². The summed E-state index contributed by atoms with van der Waals surface area (Å²) in [5, 5.41) is 2.06. The van der Waals surface area contributed by atoms with Crippen LogP contribution in [0.3, 0.4) is 0 Å². The Morgan fingerprint density at radius 2 is 2.30 bits per heavy atom. The molecule has 0 aromatic carbocycles. The van der Waals surface area contributed by atoms with E-state index < -0.39 is 0 Å². The molecule has 1 saturated heterocycles. The van der Waals surface area contributed by atoms with Crippen molar-refractivity contribution in [2.24, 2.45) is 0 Å². The van der Waals surface area contributed by atoms with Gasteiger partial charge in [0.1, 0.15) is 0 Å². The van der Waals surface area contributed by atoms with Gasteiger partial charge in [-0.25, -0.2) is 0 Å². The second kappa shape index (κ2) is 7.70. The summed E-state index contributed by atoms with van der Waals surface area (Å²) in [6.45, 7) is 2.49. The molecule has 3 rings (SSSR count). The fourth-order valence-electron chi connectivity index (χ4n) is 3.15. The van der Waals surface area contributed by atoms with Crippen LogP contribution in [0.4, 0.5) is 0 Å². The lowest BCUT2D eigenvalue weighted by Crippen LogP contribution is -2.49. The Hall–Kier alpha value is -1.72. The van der Waals surface area contributed by atoms with Crippen LogP contribution in [0.2, 0.25) is 0 Å². The highest BCUT2D eigenvalue weighted by atomic mass is 32.1. The van der Waals surface area contributed by atoms with Crippen LogP contribution in [0.5, 0.6) is 0 Å². The van der Waals surface area contributed by atoms with Crippen LogP contribution in [0.25, 0.3) is 0 Å². The van der Waals surface area contributed by atoms with Gasteiger partial charge in [-0.05, 0) is 42.5 Å². The van der Waals surface area contributed by atoms with Crippen molar-refractivity contribution in [1.82, 2.24) is 14.8 Å². The van der Waals surface area contributed by atoms with E-state index in [2.05, 4.69) is 27.4 Å². The van der Waals surface area contributed by atoms with Crippen molar-refractivity contribution in [3.63, 3.8) is 0 Å². The molecule has 1 atom stereocenters. The first-order valence-corrected chi connectivity index (χ1v) is 9.02. The molecule has 23 heavy (non-hydrogen) atoms. The van der Waals surface area contributed by atoms with Crippen molar-refractivity contribution in [3.8, 4) is 0 Å². The fraction of sp³-hybridized carbons (Fsp3) is 0.444. The van der Waals surface area contributed by atoms with Gasteiger partial charge in [0.25, 0.3) is 0 Å². The molecule has 1 aliphatic heterocycles. The number of rotatable bonds is 5. The lowest BCUT2D eigenvalue weighted by Gasteiger charge is -2.36. The number of amides is 1. The number of piperidine rings is 1. The summed E-state index contributed by atoms with van der Waals surface area (Å²) in [6.07, 6.45) is 6.93. The molecule has 0 saturated carbocycles. The molecule has 4 nitrogen and oxygen atoms in total. The van der Waals surface area contributed by atoms with Gasteiger partial charge in [-0.3, -0.25) is 14.7 Å². The molecule has 122 valence electrons. The normalized spacial score (nSPS) is 18.7. The van der Waals surface area contributed by atoms with Crippen molar-refractivity contribution in [2.75, 3.05) is 13.6 Å². The third kappa shape index (κ3) is 4.18. The van der Waals surface area contributed by atoms with Gasteiger partial charge < -0.3 is 4.90 Å². The third-order valence-electron chi connectivity index (χ3n) is 4.36. The minimum absolute atomic E-state index is 0.00563. The van der Waals surface area contributed by atoms with Crippen LogP contribution in [0.15, 0.2) is 42.0 Å². The van der Waals surface area contributed by atoms with Crippen molar-refractivity contribution in [1.29, 1.82) is 0 Å². The van der Waals surface area contributed by atoms with Gasteiger partial charge in [-0.2, -0.15) is 0 Å². The molecule has 0 aliphatic carbocycles. The summed E-state index contributed by atoms with van der Waals surface area (Å²) in [5.74, 6) is 0.238. The second-order valence-electron chi connectivity index (χ2n) is 6.12. The lowest BCUT2D eigenvalue weighted by molar-refractivity contribution is -0.137. The smallest absolute Gasteiger partial charge is 0.240 e. The van der Waals surface area contributed by atoms with Gasteiger partial charge in [0, 0.05) is 30.9 Å². The maximum Gasteiger partial charge on any atom is 0.240 e. The number of pyridine rings is 1. The molecule has 1 aliphatic rings. The van der Waals surface area contributed by atoms with Gasteiger partial charge in [0.15, 0.2) is 0 Å². The van der Waals surface area contributed by atoms with E-state index in [0.717, 1.165) is 25.9 Å². The highest BCUT2D eigenvalue weighted by Gasteiger charge is 2.30. The average molecular weight is 329 g/mol. The molecule has 1 amide bonds. The number of likely N-dealkylation sites (N-methyl/N-ethyl adjacent to an activating group) is 1. The molecule has 0 N–H and O–H groups in total. The topological polar surface area (TPSA) is 36.4 Å². The zero-order valence-electron chi connectivity index (χ0n) is 13.5. The highest BCUT2D eigenvalue weighted by Crippen LogP contribution is 2.22. The van der Waals surface area contributed by atoms with Crippen LogP contribution in [0, 0.1) is 0 Å². The Morgan fingerprint density at radius 3 is 3.04 bits per heavy atom. The van der Waals surface area contributed by atoms with Crippen molar-refractivity contribution >= 4 is 17.2 Å². The summed E-state index contributed by atoms with van der Waals surface area (Å²) < 4.78 is 0. The molecule has 0 bridgehead atoms. The molecule has 1 unspecified atom stereocenters. The number of aromatic nitrogens is 1.